The summed E-state index contributed by atoms with van der Waals surface area (Å²) in [7, 11) is 0. The molecule has 0 unspecified atom stereocenters. The second-order valence-electron chi connectivity index (χ2n) is 4.72. The molecule has 0 aliphatic heterocycles. The van der Waals surface area contributed by atoms with Crippen LogP contribution in [0.15, 0.2) is 12.1 Å². The Labute approximate surface area is 117 Å². The van der Waals surface area contributed by atoms with Gasteiger partial charge in [0, 0.05) is 13.2 Å². The molecule has 8 nitrogen and oxygen atoms in total. The van der Waals surface area contributed by atoms with Gasteiger partial charge < -0.3 is 15.5 Å². The third-order valence-electron chi connectivity index (χ3n) is 2.56. The summed E-state index contributed by atoms with van der Waals surface area (Å²) in [6.45, 7) is 6.02. The monoisotopic (exact) mass is 283 g/mol. The molecule has 0 radical (unpaired) electrons. The van der Waals surface area contributed by atoms with Crippen LogP contribution < -0.4 is 16.6 Å². The highest BCUT2D eigenvalue weighted by molar-refractivity contribution is 5.54. The molecule has 0 saturated carbocycles. The van der Waals surface area contributed by atoms with Crippen LogP contribution in [0.4, 0.5) is 17.3 Å². The number of hydrogen-bond donors (Lipinski definition) is 3. The summed E-state index contributed by atoms with van der Waals surface area (Å²) >= 11 is 0. The Hall–Kier alpha value is -1.93. The van der Waals surface area contributed by atoms with E-state index in [0.29, 0.717) is 31.5 Å². The predicted octanol–water partition coefficient (Wildman–Crippen LogP) is 1.75. The first-order valence-corrected chi connectivity index (χ1v) is 6.47. The van der Waals surface area contributed by atoms with Crippen molar-refractivity contribution in [3.8, 4) is 0 Å². The van der Waals surface area contributed by atoms with Gasteiger partial charge in [0.15, 0.2) is 0 Å². The minimum absolute atomic E-state index is 0.0730. The van der Waals surface area contributed by atoms with Gasteiger partial charge in [0.25, 0.3) is 5.69 Å². The number of nitrogens with zero attached hydrogens (tertiary/aromatic N) is 2. The zero-order valence-corrected chi connectivity index (χ0v) is 11.8. The first-order valence-electron chi connectivity index (χ1n) is 6.47. The number of nitrogens with one attached hydrogen (secondary N) is 2. The van der Waals surface area contributed by atoms with Gasteiger partial charge in [-0.05, 0) is 12.3 Å². The zero-order valence-electron chi connectivity index (χ0n) is 11.8. The predicted molar refractivity (Wildman–Crippen MR) is 77.5 cm³/mol. The lowest BCUT2D eigenvalue weighted by Crippen LogP contribution is -2.14. The van der Waals surface area contributed by atoms with E-state index in [0.717, 1.165) is 6.42 Å². The molecule has 1 aromatic heterocycles. The number of nitrogens with two attached hydrogens (primary N) is 1. The smallest absolute Gasteiger partial charge is 0.276 e. The van der Waals surface area contributed by atoms with E-state index in [1.165, 1.54) is 12.1 Å². The first kappa shape index (κ1) is 16.1. The molecule has 0 atom stereocenters. The van der Waals surface area contributed by atoms with Crippen molar-refractivity contribution in [3.63, 3.8) is 0 Å². The third-order valence-corrected chi connectivity index (χ3v) is 2.56. The van der Waals surface area contributed by atoms with Gasteiger partial charge in [0.05, 0.1) is 23.7 Å². The maximum absolute atomic E-state index is 10.8. The first-order chi connectivity index (χ1) is 9.52. The van der Waals surface area contributed by atoms with Gasteiger partial charge in [-0.15, -0.1) is 0 Å². The van der Waals surface area contributed by atoms with Crippen molar-refractivity contribution in [3.05, 3.63) is 22.2 Å². The van der Waals surface area contributed by atoms with E-state index < -0.39 is 4.92 Å². The number of hydrazine groups is 1. The van der Waals surface area contributed by atoms with E-state index in [1.54, 1.807) is 0 Å². The number of rotatable bonds is 9. The number of anilines is 2. The van der Waals surface area contributed by atoms with Crippen molar-refractivity contribution in [2.75, 3.05) is 30.5 Å². The summed E-state index contributed by atoms with van der Waals surface area (Å²) in [4.78, 5) is 14.3. The largest absolute Gasteiger partial charge is 0.380 e. The minimum atomic E-state index is -0.493. The normalized spacial score (nSPS) is 10.6. The van der Waals surface area contributed by atoms with Crippen molar-refractivity contribution in [2.24, 2.45) is 11.8 Å². The molecule has 1 rings (SSSR count). The summed E-state index contributed by atoms with van der Waals surface area (Å²) in [5, 5.41) is 13.7. The minimum Gasteiger partial charge on any atom is -0.380 e. The lowest BCUT2D eigenvalue weighted by atomic mass is 10.1. The fourth-order valence-electron chi connectivity index (χ4n) is 1.46. The maximum Gasteiger partial charge on any atom is 0.276 e. The van der Waals surface area contributed by atoms with E-state index >= 15 is 0 Å². The molecule has 1 aromatic rings. The van der Waals surface area contributed by atoms with Crippen LogP contribution in [0, 0.1) is 16.0 Å². The van der Waals surface area contributed by atoms with E-state index in [1.807, 2.05) is 0 Å². The van der Waals surface area contributed by atoms with Gasteiger partial charge in [-0.1, -0.05) is 13.8 Å². The molecule has 1 heterocycles. The number of nitrogen functional groups attached to an aromatic ring is 1. The summed E-state index contributed by atoms with van der Waals surface area (Å²) in [6, 6.07) is 2.62. The molecular formula is C12H21N5O3. The van der Waals surface area contributed by atoms with Gasteiger partial charge in [-0.2, -0.15) is 0 Å². The van der Waals surface area contributed by atoms with Crippen LogP contribution in [0.5, 0.6) is 0 Å². The topological polar surface area (TPSA) is 115 Å². The highest BCUT2D eigenvalue weighted by atomic mass is 16.6. The standard InChI is InChI=1S/C12H21N5O3/c1-9(2)3-5-20-6-4-14-11-7-10(17(18)19)8-12(15-11)16-13/h7-9H,3-6,13H2,1-2H3,(H2,14,15,16). The van der Waals surface area contributed by atoms with Gasteiger partial charge in [-0.25, -0.2) is 10.8 Å². The van der Waals surface area contributed by atoms with Gasteiger partial charge in [0.2, 0.25) is 0 Å². The van der Waals surface area contributed by atoms with Crippen LogP contribution in [-0.2, 0) is 4.74 Å². The molecule has 0 saturated heterocycles. The molecule has 0 spiro atoms. The van der Waals surface area contributed by atoms with Gasteiger partial charge >= 0.3 is 0 Å². The maximum atomic E-state index is 10.8. The lowest BCUT2D eigenvalue weighted by molar-refractivity contribution is -0.384. The number of hydrogen-bond acceptors (Lipinski definition) is 7. The van der Waals surface area contributed by atoms with Crippen molar-refractivity contribution in [2.45, 2.75) is 20.3 Å². The van der Waals surface area contributed by atoms with Crippen LogP contribution in [0.1, 0.15) is 20.3 Å². The lowest BCUT2D eigenvalue weighted by Gasteiger charge is -2.09. The van der Waals surface area contributed by atoms with Crippen molar-refractivity contribution >= 4 is 17.3 Å². The quantitative estimate of drug-likeness (QED) is 0.273. The molecule has 8 heteroatoms. The number of ether oxygens (including phenoxy) is 1. The summed E-state index contributed by atoms with van der Waals surface area (Å²) in [5.74, 6) is 6.46. The average Bonchev–Trinajstić information content (AvgIpc) is 2.41. The highest BCUT2D eigenvalue weighted by Crippen LogP contribution is 2.19. The molecule has 112 valence electrons. The molecule has 0 bridgehead atoms. The SMILES string of the molecule is CC(C)CCOCCNc1cc([N+](=O)[O-])cc(NN)n1. The van der Waals surface area contributed by atoms with Gasteiger partial charge in [0.1, 0.15) is 11.6 Å². The van der Waals surface area contributed by atoms with Crippen LogP contribution >= 0.6 is 0 Å². The molecule has 0 aromatic carbocycles. The summed E-state index contributed by atoms with van der Waals surface area (Å²) in [6.07, 6.45) is 1.01. The van der Waals surface area contributed by atoms with E-state index in [-0.39, 0.29) is 11.5 Å². The second kappa shape index (κ2) is 8.28. The molecule has 20 heavy (non-hydrogen) atoms. The second-order valence-corrected chi connectivity index (χ2v) is 4.72. The Kier molecular flexibility index (Phi) is 6.68. The molecule has 0 amide bonds. The highest BCUT2D eigenvalue weighted by Gasteiger charge is 2.10. The number of aromatic nitrogens is 1. The van der Waals surface area contributed by atoms with E-state index in [2.05, 4.69) is 29.6 Å². The number of nitro groups is 1. The average molecular weight is 283 g/mol. The fourth-order valence-corrected chi connectivity index (χ4v) is 1.46. The fraction of sp³-hybridized carbons (Fsp3) is 0.583. The Morgan fingerprint density at radius 1 is 1.40 bits per heavy atom. The third kappa shape index (κ3) is 5.81. The summed E-state index contributed by atoms with van der Waals surface area (Å²) < 4.78 is 5.44. The summed E-state index contributed by atoms with van der Waals surface area (Å²) in [5.41, 5.74) is 2.23. The van der Waals surface area contributed by atoms with Crippen LogP contribution in [-0.4, -0.2) is 29.7 Å². The van der Waals surface area contributed by atoms with Crippen LogP contribution in [0.3, 0.4) is 0 Å². The molecule has 0 aliphatic rings. The Morgan fingerprint density at radius 2 is 2.10 bits per heavy atom. The molecule has 0 fully saturated rings. The van der Waals surface area contributed by atoms with E-state index in [9.17, 15) is 10.1 Å². The van der Waals surface area contributed by atoms with Crippen molar-refractivity contribution < 1.29 is 9.66 Å². The Balaban J connectivity index is 2.43. The number of pyridine rings is 1. The van der Waals surface area contributed by atoms with Gasteiger partial charge in [-0.3, -0.25) is 10.1 Å². The molecular weight excluding hydrogens is 262 g/mol. The van der Waals surface area contributed by atoms with Crippen molar-refractivity contribution in [1.29, 1.82) is 0 Å². The van der Waals surface area contributed by atoms with Crippen molar-refractivity contribution in [1.82, 2.24) is 4.98 Å². The Bertz CT molecular complexity index is 439. The van der Waals surface area contributed by atoms with Crippen LogP contribution in [0.25, 0.3) is 0 Å². The molecule has 0 aliphatic carbocycles. The Morgan fingerprint density at radius 3 is 2.70 bits per heavy atom. The van der Waals surface area contributed by atoms with Crippen LogP contribution in [0.2, 0.25) is 0 Å². The zero-order chi connectivity index (χ0) is 15.0. The molecule has 4 N–H and O–H groups in total. The van der Waals surface area contributed by atoms with E-state index in [4.69, 9.17) is 10.6 Å².